The molecule has 2 aromatic heterocycles. The molecule has 3 heterocycles. The second-order valence-electron chi connectivity index (χ2n) is 8.88. The molecule has 0 atom stereocenters. The number of aromatic nitrogens is 3. The molecule has 0 spiro atoms. The monoisotopic (exact) mass is 541 g/mol. The minimum absolute atomic E-state index is 0.0325. The molecule has 3 aromatic rings. The Hall–Kier alpha value is -3.38. The zero-order chi connectivity index (χ0) is 26.7. The molecule has 0 radical (unpaired) electrons. The summed E-state index contributed by atoms with van der Waals surface area (Å²) in [6, 6.07) is 5.67. The topological polar surface area (TPSA) is 104 Å². The molecule has 196 valence electrons. The third-order valence-corrected chi connectivity index (χ3v) is 8.13. The summed E-state index contributed by atoms with van der Waals surface area (Å²) in [7, 11) is 5.45. The Labute approximate surface area is 225 Å². The largest absolute Gasteiger partial charge is 0.496 e. The highest BCUT2D eigenvalue weighted by Gasteiger charge is 2.26. The van der Waals surface area contributed by atoms with E-state index in [1.54, 1.807) is 35.6 Å². The number of nitrogens with one attached hydrogen (secondary N) is 1. The van der Waals surface area contributed by atoms with Crippen LogP contribution in [-0.4, -0.2) is 84.0 Å². The number of ether oxygens (including phenoxy) is 1. The van der Waals surface area contributed by atoms with Crippen molar-refractivity contribution in [3.63, 3.8) is 0 Å². The van der Waals surface area contributed by atoms with Crippen molar-refractivity contribution in [2.75, 3.05) is 57.6 Å². The number of carbonyl (C=O) groups is 2. The van der Waals surface area contributed by atoms with Gasteiger partial charge in [0.25, 0.3) is 5.91 Å². The number of anilines is 3. The first-order valence-corrected chi connectivity index (χ1v) is 13.4. The molecule has 1 fully saturated rings. The summed E-state index contributed by atoms with van der Waals surface area (Å²) in [5.41, 5.74) is 1.52. The van der Waals surface area contributed by atoms with Crippen LogP contribution in [0.4, 0.5) is 16.8 Å². The maximum absolute atomic E-state index is 13.4. The third-order valence-electron chi connectivity index (χ3n) is 5.95. The van der Waals surface area contributed by atoms with Crippen LogP contribution in [0.15, 0.2) is 33.5 Å². The van der Waals surface area contributed by atoms with Crippen LogP contribution < -0.4 is 15.0 Å². The van der Waals surface area contributed by atoms with E-state index in [1.165, 1.54) is 11.3 Å². The van der Waals surface area contributed by atoms with Gasteiger partial charge in [0.1, 0.15) is 23.2 Å². The normalized spacial score (nSPS) is 13.5. The first kappa shape index (κ1) is 26.7. The molecular weight excluding hydrogens is 510 g/mol. The molecule has 1 aromatic carbocycles. The van der Waals surface area contributed by atoms with Crippen LogP contribution in [0.1, 0.15) is 28.7 Å². The molecule has 1 aliphatic heterocycles. The number of amides is 2. The molecule has 0 aliphatic carbocycles. The van der Waals surface area contributed by atoms with Crippen molar-refractivity contribution in [2.24, 2.45) is 0 Å². The standard InChI is InChI=1S/C25H31N7O3S2/c1-15-11-19(35-6)18(24(34)32-9-7-31(8-10-32)17(3)33)12-20(15)36-23-14-26-25(37-23)29-21-13-22(30(4)5)28-16(2)27-21/h11-14H,7-10H2,1-6H3,(H,26,27,28,29). The SMILES string of the molecule is COc1cc(C)c(Sc2cnc(Nc3cc(N(C)C)nc(C)n3)s2)cc1C(=O)N1CCN(C(C)=O)CC1. The summed E-state index contributed by atoms with van der Waals surface area (Å²) in [4.78, 5) is 44.8. The zero-order valence-electron chi connectivity index (χ0n) is 21.9. The minimum atomic E-state index is -0.0932. The summed E-state index contributed by atoms with van der Waals surface area (Å²) >= 11 is 3.06. The number of carbonyl (C=O) groups excluding carboxylic acids is 2. The Morgan fingerprint density at radius 3 is 2.43 bits per heavy atom. The highest BCUT2D eigenvalue weighted by atomic mass is 32.2. The van der Waals surface area contributed by atoms with Crippen molar-refractivity contribution in [2.45, 2.75) is 29.9 Å². The van der Waals surface area contributed by atoms with Gasteiger partial charge in [-0.1, -0.05) is 23.1 Å². The molecule has 2 amide bonds. The Balaban J connectivity index is 1.51. The molecule has 1 saturated heterocycles. The second-order valence-corrected chi connectivity index (χ2v) is 11.3. The molecule has 12 heteroatoms. The maximum atomic E-state index is 13.4. The Morgan fingerprint density at radius 2 is 1.78 bits per heavy atom. The van der Waals surface area contributed by atoms with Gasteiger partial charge in [0.05, 0.1) is 23.1 Å². The van der Waals surface area contributed by atoms with Crippen LogP contribution >= 0.6 is 23.1 Å². The summed E-state index contributed by atoms with van der Waals surface area (Å²) < 4.78 is 6.53. The molecule has 0 unspecified atom stereocenters. The fraction of sp³-hybridized carbons (Fsp3) is 0.400. The van der Waals surface area contributed by atoms with Gasteiger partial charge >= 0.3 is 0 Å². The van der Waals surface area contributed by atoms with E-state index in [0.29, 0.717) is 49.1 Å². The number of piperazine rings is 1. The van der Waals surface area contributed by atoms with Gasteiger partial charge in [-0.25, -0.2) is 15.0 Å². The van der Waals surface area contributed by atoms with Crippen molar-refractivity contribution in [1.29, 1.82) is 0 Å². The van der Waals surface area contributed by atoms with Crippen LogP contribution in [0, 0.1) is 13.8 Å². The molecule has 37 heavy (non-hydrogen) atoms. The van der Waals surface area contributed by atoms with Crippen LogP contribution in [0.2, 0.25) is 0 Å². The van der Waals surface area contributed by atoms with Gasteiger partial charge in [-0.2, -0.15) is 0 Å². The number of methoxy groups -OCH3 is 1. The van der Waals surface area contributed by atoms with Gasteiger partial charge in [0.15, 0.2) is 5.13 Å². The Morgan fingerprint density at radius 1 is 1.08 bits per heavy atom. The van der Waals surface area contributed by atoms with Gasteiger partial charge in [0.2, 0.25) is 5.91 Å². The molecule has 10 nitrogen and oxygen atoms in total. The zero-order valence-corrected chi connectivity index (χ0v) is 23.5. The number of benzene rings is 1. The fourth-order valence-electron chi connectivity index (χ4n) is 3.93. The Bertz CT molecular complexity index is 1300. The van der Waals surface area contributed by atoms with Crippen molar-refractivity contribution in [3.05, 3.63) is 41.3 Å². The lowest BCUT2D eigenvalue weighted by Gasteiger charge is -2.34. The van der Waals surface area contributed by atoms with E-state index < -0.39 is 0 Å². The third kappa shape index (κ3) is 6.31. The molecule has 1 aliphatic rings. The molecular formula is C25H31N7O3S2. The van der Waals surface area contributed by atoms with Crippen molar-refractivity contribution in [3.8, 4) is 5.75 Å². The van der Waals surface area contributed by atoms with Crippen LogP contribution in [-0.2, 0) is 4.79 Å². The minimum Gasteiger partial charge on any atom is -0.496 e. The quantitative estimate of drug-likeness (QED) is 0.478. The molecule has 0 saturated carbocycles. The Kier molecular flexibility index (Phi) is 8.18. The van der Waals surface area contributed by atoms with Gasteiger partial charge in [-0.05, 0) is 31.5 Å². The van der Waals surface area contributed by atoms with E-state index in [4.69, 9.17) is 4.74 Å². The van der Waals surface area contributed by atoms with E-state index >= 15 is 0 Å². The van der Waals surface area contributed by atoms with E-state index in [1.807, 2.05) is 57.2 Å². The first-order valence-electron chi connectivity index (χ1n) is 11.8. The van der Waals surface area contributed by atoms with Gasteiger partial charge in [0, 0.05) is 58.2 Å². The number of hydrogen-bond acceptors (Lipinski definition) is 10. The number of nitrogens with zero attached hydrogens (tertiary/aromatic N) is 6. The summed E-state index contributed by atoms with van der Waals surface area (Å²) in [5.74, 6) is 2.65. The lowest BCUT2D eigenvalue weighted by atomic mass is 10.1. The lowest BCUT2D eigenvalue weighted by molar-refractivity contribution is -0.130. The average Bonchev–Trinajstić information content (AvgIpc) is 3.30. The van der Waals surface area contributed by atoms with Crippen molar-refractivity contribution in [1.82, 2.24) is 24.8 Å². The predicted molar refractivity (Wildman–Crippen MR) is 147 cm³/mol. The van der Waals surface area contributed by atoms with Crippen LogP contribution in [0.25, 0.3) is 0 Å². The van der Waals surface area contributed by atoms with Gasteiger partial charge in [-0.15, -0.1) is 0 Å². The van der Waals surface area contributed by atoms with Crippen LogP contribution in [0.5, 0.6) is 5.75 Å². The molecule has 0 bridgehead atoms. The maximum Gasteiger partial charge on any atom is 0.257 e. The summed E-state index contributed by atoms with van der Waals surface area (Å²) in [5, 5.41) is 3.99. The molecule has 1 N–H and O–H groups in total. The number of aryl methyl sites for hydroxylation is 2. The average molecular weight is 542 g/mol. The molecule has 4 rings (SSSR count). The fourth-order valence-corrected chi connectivity index (χ4v) is 5.88. The first-order chi connectivity index (χ1) is 17.6. The summed E-state index contributed by atoms with van der Waals surface area (Å²) in [6.45, 7) is 7.48. The number of hydrogen-bond donors (Lipinski definition) is 1. The number of rotatable bonds is 7. The lowest BCUT2D eigenvalue weighted by Crippen LogP contribution is -2.50. The van der Waals surface area contributed by atoms with E-state index in [-0.39, 0.29) is 11.8 Å². The van der Waals surface area contributed by atoms with Crippen molar-refractivity contribution >= 4 is 51.7 Å². The van der Waals surface area contributed by atoms with Gasteiger partial charge < -0.3 is 24.8 Å². The predicted octanol–water partition coefficient (Wildman–Crippen LogP) is 3.82. The van der Waals surface area contributed by atoms with Crippen molar-refractivity contribution < 1.29 is 14.3 Å². The second kappa shape index (κ2) is 11.3. The number of thiazole rings is 1. The highest BCUT2D eigenvalue weighted by Crippen LogP contribution is 2.39. The van der Waals surface area contributed by atoms with Gasteiger partial charge in [-0.3, -0.25) is 9.59 Å². The van der Waals surface area contributed by atoms with E-state index in [0.717, 1.165) is 25.6 Å². The van der Waals surface area contributed by atoms with E-state index in [2.05, 4.69) is 20.3 Å². The van der Waals surface area contributed by atoms with E-state index in [9.17, 15) is 9.59 Å². The summed E-state index contributed by atoms with van der Waals surface area (Å²) in [6.07, 6.45) is 1.81. The van der Waals surface area contributed by atoms with Crippen LogP contribution in [0.3, 0.4) is 0 Å². The smallest absolute Gasteiger partial charge is 0.257 e. The highest BCUT2D eigenvalue weighted by molar-refractivity contribution is 8.01.